The van der Waals surface area contributed by atoms with Crippen LogP contribution in [0.4, 0.5) is 13.2 Å². The molecule has 3 rings (SSSR count). The lowest BCUT2D eigenvalue weighted by Crippen LogP contribution is -2.38. The number of carboxylic acids is 1. The molecule has 130 valence electrons. The number of hydrogen-bond donors (Lipinski definition) is 2. The average molecular weight is 341 g/mol. The van der Waals surface area contributed by atoms with Gasteiger partial charge in [0.15, 0.2) is 0 Å². The van der Waals surface area contributed by atoms with Crippen LogP contribution >= 0.6 is 0 Å². The fourth-order valence-corrected chi connectivity index (χ4v) is 2.46. The third kappa shape index (κ3) is 4.61. The van der Waals surface area contributed by atoms with E-state index in [9.17, 15) is 18.3 Å². The first-order valence-corrected chi connectivity index (χ1v) is 7.51. The van der Waals surface area contributed by atoms with Gasteiger partial charge in [-0.3, -0.25) is 0 Å². The van der Waals surface area contributed by atoms with Crippen LogP contribution in [0.3, 0.4) is 0 Å². The fourth-order valence-electron chi connectivity index (χ4n) is 2.46. The van der Waals surface area contributed by atoms with Crippen molar-refractivity contribution in [2.24, 2.45) is 0 Å². The summed E-state index contributed by atoms with van der Waals surface area (Å²) < 4.78 is 31.7. The molecule has 7 heteroatoms. The van der Waals surface area contributed by atoms with Crippen molar-refractivity contribution < 1.29 is 28.2 Å². The summed E-state index contributed by atoms with van der Waals surface area (Å²) in [4.78, 5) is 11.3. The second-order valence-corrected chi connectivity index (χ2v) is 5.53. The number of likely N-dealkylation sites (tertiary alicyclic amines) is 1. The van der Waals surface area contributed by atoms with E-state index in [2.05, 4.69) is 17.0 Å². The molecule has 0 bridgehead atoms. The summed E-state index contributed by atoms with van der Waals surface area (Å²) in [5.74, 6) is -2.32. The SMILES string of the molecule is O=C(O)C(F)(F)F.Oc1ccc2ccccc2c1CCN1CCC1. The number of carboxylic acid groups (broad SMARTS) is 1. The van der Waals surface area contributed by atoms with Crippen molar-refractivity contribution in [3.8, 4) is 5.75 Å². The summed E-state index contributed by atoms with van der Waals surface area (Å²) in [6.45, 7) is 3.48. The first kappa shape index (κ1) is 18.1. The molecule has 0 saturated carbocycles. The van der Waals surface area contributed by atoms with E-state index in [4.69, 9.17) is 9.90 Å². The monoisotopic (exact) mass is 341 g/mol. The number of phenolic OH excluding ortho intramolecular Hbond substituents is 1. The van der Waals surface area contributed by atoms with Crippen LogP contribution in [-0.4, -0.2) is 46.9 Å². The smallest absolute Gasteiger partial charge is 0.490 e. The minimum atomic E-state index is -5.08. The zero-order chi connectivity index (χ0) is 17.7. The first-order valence-electron chi connectivity index (χ1n) is 7.51. The number of hydrogen-bond acceptors (Lipinski definition) is 3. The van der Waals surface area contributed by atoms with Gasteiger partial charge in [-0.25, -0.2) is 4.79 Å². The predicted molar refractivity (Wildman–Crippen MR) is 84.1 cm³/mol. The van der Waals surface area contributed by atoms with Gasteiger partial charge in [-0.15, -0.1) is 0 Å². The highest BCUT2D eigenvalue weighted by atomic mass is 19.4. The lowest BCUT2D eigenvalue weighted by atomic mass is 10.0. The van der Waals surface area contributed by atoms with E-state index in [1.807, 2.05) is 24.3 Å². The molecule has 1 fully saturated rings. The molecule has 24 heavy (non-hydrogen) atoms. The minimum Gasteiger partial charge on any atom is -0.508 e. The number of halogens is 3. The Kier molecular flexibility index (Phi) is 5.66. The molecule has 1 saturated heterocycles. The lowest BCUT2D eigenvalue weighted by Gasteiger charge is -2.30. The van der Waals surface area contributed by atoms with Gasteiger partial charge in [0.2, 0.25) is 0 Å². The number of benzene rings is 2. The zero-order valence-corrected chi connectivity index (χ0v) is 12.9. The maximum absolute atomic E-state index is 10.6. The standard InChI is InChI=1S/C15H17NO.C2HF3O2/c17-15-7-6-12-4-1-2-5-13(12)14(15)8-11-16-9-3-10-16;3-2(4,5)1(6)7/h1-2,4-7,17H,3,8-11H2;(H,6,7). The highest BCUT2D eigenvalue weighted by Gasteiger charge is 2.38. The third-order valence-corrected chi connectivity index (χ3v) is 3.89. The van der Waals surface area contributed by atoms with Crippen LogP contribution in [0, 0.1) is 0 Å². The Bertz CT molecular complexity index is 712. The van der Waals surface area contributed by atoms with E-state index in [0.29, 0.717) is 5.75 Å². The van der Waals surface area contributed by atoms with Crippen LogP contribution in [-0.2, 0) is 11.2 Å². The van der Waals surface area contributed by atoms with Crippen molar-refractivity contribution >= 4 is 16.7 Å². The first-order chi connectivity index (χ1) is 11.3. The van der Waals surface area contributed by atoms with Gasteiger partial charge in [0.1, 0.15) is 5.75 Å². The van der Waals surface area contributed by atoms with Gasteiger partial charge >= 0.3 is 12.1 Å². The van der Waals surface area contributed by atoms with Crippen molar-refractivity contribution in [1.29, 1.82) is 0 Å². The zero-order valence-electron chi connectivity index (χ0n) is 12.9. The largest absolute Gasteiger partial charge is 0.508 e. The van der Waals surface area contributed by atoms with E-state index < -0.39 is 12.1 Å². The normalized spacial score (nSPS) is 14.6. The summed E-state index contributed by atoms with van der Waals surface area (Å²) in [7, 11) is 0. The molecule has 0 spiro atoms. The summed E-state index contributed by atoms with van der Waals surface area (Å²) in [5.41, 5.74) is 1.09. The summed E-state index contributed by atoms with van der Waals surface area (Å²) in [6, 6.07) is 12.1. The summed E-state index contributed by atoms with van der Waals surface area (Å²) in [6.07, 6.45) is -2.82. The minimum absolute atomic E-state index is 0.434. The Balaban J connectivity index is 0.000000256. The highest BCUT2D eigenvalue weighted by Crippen LogP contribution is 2.27. The van der Waals surface area contributed by atoms with Gasteiger partial charge in [-0.05, 0) is 42.8 Å². The van der Waals surface area contributed by atoms with Crippen molar-refractivity contribution in [2.45, 2.75) is 19.0 Å². The van der Waals surface area contributed by atoms with Crippen LogP contribution in [0.1, 0.15) is 12.0 Å². The molecule has 0 atom stereocenters. The summed E-state index contributed by atoms with van der Waals surface area (Å²) >= 11 is 0. The third-order valence-electron chi connectivity index (χ3n) is 3.89. The highest BCUT2D eigenvalue weighted by molar-refractivity contribution is 5.87. The molecule has 0 amide bonds. The Morgan fingerprint density at radius 1 is 1.12 bits per heavy atom. The second-order valence-electron chi connectivity index (χ2n) is 5.53. The van der Waals surface area contributed by atoms with Gasteiger partial charge in [0.25, 0.3) is 0 Å². The average Bonchev–Trinajstić information content (AvgIpc) is 2.47. The van der Waals surface area contributed by atoms with E-state index in [0.717, 1.165) is 18.5 Å². The molecule has 2 aromatic rings. The van der Waals surface area contributed by atoms with Crippen LogP contribution in [0.2, 0.25) is 0 Å². The van der Waals surface area contributed by atoms with Crippen molar-refractivity contribution in [2.75, 3.05) is 19.6 Å². The van der Waals surface area contributed by atoms with Crippen LogP contribution in [0.25, 0.3) is 10.8 Å². The molecular weight excluding hydrogens is 323 g/mol. The van der Waals surface area contributed by atoms with Gasteiger partial charge in [0.05, 0.1) is 0 Å². The molecule has 0 unspecified atom stereocenters. The Labute approximate surface area is 137 Å². The molecule has 0 aliphatic carbocycles. The molecule has 2 N–H and O–H groups in total. The Morgan fingerprint density at radius 3 is 2.29 bits per heavy atom. The van der Waals surface area contributed by atoms with Crippen molar-refractivity contribution in [3.63, 3.8) is 0 Å². The fraction of sp³-hybridized carbons (Fsp3) is 0.353. The van der Waals surface area contributed by atoms with Gasteiger partial charge < -0.3 is 15.1 Å². The van der Waals surface area contributed by atoms with Gasteiger partial charge in [-0.1, -0.05) is 30.3 Å². The van der Waals surface area contributed by atoms with Crippen LogP contribution in [0.15, 0.2) is 36.4 Å². The Hall–Kier alpha value is -2.28. The topological polar surface area (TPSA) is 60.8 Å². The Morgan fingerprint density at radius 2 is 1.75 bits per heavy atom. The molecule has 1 aliphatic heterocycles. The molecule has 4 nitrogen and oxygen atoms in total. The molecule has 1 aliphatic rings. The number of nitrogens with zero attached hydrogens (tertiary/aromatic N) is 1. The number of aliphatic carboxylic acids is 1. The quantitative estimate of drug-likeness (QED) is 0.898. The van der Waals surface area contributed by atoms with Gasteiger partial charge in [-0.2, -0.15) is 13.2 Å². The van der Waals surface area contributed by atoms with Crippen molar-refractivity contribution in [3.05, 3.63) is 42.0 Å². The maximum Gasteiger partial charge on any atom is 0.490 e. The van der Waals surface area contributed by atoms with Gasteiger partial charge in [0, 0.05) is 12.1 Å². The number of alkyl halides is 3. The molecule has 0 aromatic heterocycles. The molecular formula is C17H18F3NO3. The number of fused-ring (bicyclic) bond motifs is 1. The maximum atomic E-state index is 10.6. The van der Waals surface area contributed by atoms with Crippen molar-refractivity contribution in [1.82, 2.24) is 4.90 Å². The molecule has 2 aromatic carbocycles. The summed E-state index contributed by atoms with van der Waals surface area (Å²) in [5, 5.41) is 19.5. The van der Waals surface area contributed by atoms with E-state index in [1.54, 1.807) is 0 Å². The van der Waals surface area contributed by atoms with Crippen LogP contribution in [0.5, 0.6) is 5.75 Å². The number of aromatic hydroxyl groups is 1. The number of phenols is 1. The lowest BCUT2D eigenvalue weighted by molar-refractivity contribution is -0.192. The number of rotatable bonds is 3. The second kappa shape index (κ2) is 7.53. The molecule has 1 heterocycles. The van der Waals surface area contributed by atoms with Crippen LogP contribution < -0.4 is 0 Å². The van der Waals surface area contributed by atoms with E-state index in [1.165, 1.54) is 30.3 Å². The van der Waals surface area contributed by atoms with E-state index >= 15 is 0 Å². The number of carbonyl (C=O) groups is 1. The molecule has 0 radical (unpaired) electrons. The van der Waals surface area contributed by atoms with E-state index in [-0.39, 0.29) is 0 Å². The predicted octanol–water partition coefficient (Wildman–Crippen LogP) is 3.43.